The number of Topliss-reactive ketones (excluding diaryl/α,β-unsaturated/α-hetero) is 1. The minimum absolute atomic E-state index is 0.133. The molecule has 2 aliphatic heterocycles. The number of ether oxygens (including phenoxy) is 1. The summed E-state index contributed by atoms with van der Waals surface area (Å²) < 4.78 is 8.12. The lowest BCUT2D eigenvalue weighted by Gasteiger charge is -2.31. The van der Waals surface area contributed by atoms with Crippen LogP contribution in [0.3, 0.4) is 0 Å². The minimum atomic E-state index is -0.133. The van der Waals surface area contributed by atoms with Crippen LogP contribution in [-0.4, -0.2) is 33.4 Å². The zero-order valence-corrected chi connectivity index (χ0v) is 17.4. The summed E-state index contributed by atoms with van der Waals surface area (Å²) in [6, 6.07) is 11.4. The van der Waals surface area contributed by atoms with Crippen molar-refractivity contribution in [1.82, 2.24) is 9.47 Å². The number of carbonyl (C=O) groups excluding carboxylic acids is 1. The fraction of sp³-hybridized carbons (Fsp3) is 0.320. The van der Waals surface area contributed by atoms with Gasteiger partial charge in [-0.25, -0.2) is 0 Å². The molecule has 30 heavy (non-hydrogen) atoms. The lowest BCUT2D eigenvalue weighted by atomic mass is 9.99. The number of hydrogen-bond acceptors (Lipinski definition) is 4. The van der Waals surface area contributed by atoms with Crippen molar-refractivity contribution in [1.29, 1.82) is 0 Å². The van der Waals surface area contributed by atoms with Crippen LogP contribution in [0.5, 0.6) is 11.5 Å². The van der Waals surface area contributed by atoms with E-state index in [-0.39, 0.29) is 11.5 Å². The standard InChI is InChI=1S/C25H26N2O3/c1-16-6-5-11-27(13-16)15-20-22(28)10-9-19-24(29)23(30-25(19)20)12-17-14-26(2)21-8-4-3-7-18(17)21/h3-4,7-10,12,14,16,28H,5-6,11,13,15H2,1-2H3/b23-12+/t16-/m0/s1. The monoisotopic (exact) mass is 402 g/mol. The summed E-state index contributed by atoms with van der Waals surface area (Å²) >= 11 is 0. The summed E-state index contributed by atoms with van der Waals surface area (Å²) in [5.41, 5.74) is 3.28. The molecule has 1 aromatic heterocycles. The van der Waals surface area contributed by atoms with E-state index in [0.29, 0.717) is 35.1 Å². The van der Waals surface area contributed by atoms with Gasteiger partial charge in [-0.2, -0.15) is 0 Å². The normalized spacial score (nSPS) is 20.7. The third-order valence-electron chi connectivity index (χ3n) is 6.25. The molecule has 0 amide bonds. The third-order valence-corrected chi connectivity index (χ3v) is 6.25. The first-order chi connectivity index (χ1) is 14.5. The number of nitrogens with zero attached hydrogens (tertiary/aromatic N) is 2. The van der Waals surface area contributed by atoms with E-state index in [0.717, 1.165) is 36.0 Å². The van der Waals surface area contributed by atoms with Crippen molar-refractivity contribution < 1.29 is 14.6 Å². The number of aromatic nitrogens is 1. The smallest absolute Gasteiger partial charge is 0.231 e. The number of aromatic hydroxyl groups is 1. The van der Waals surface area contributed by atoms with E-state index in [4.69, 9.17) is 4.74 Å². The number of benzene rings is 2. The van der Waals surface area contributed by atoms with Crippen molar-refractivity contribution >= 4 is 22.8 Å². The first-order valence-corrected chi connectivity index (χ1v) is 10.6. The van der Waals surface area contributed by atoms with Gasteiger partial charge in [0, 0.05) is 42.8 Å². The van der Waals surface area contributed by atoms with Crippen LogP contribution in [0.25, 0.3) is 17.0 Å². The van der Waals surface area contributed by atoms with E-state index in [1.165, 1.54) is 6.42 Å². The topological polar surface area (TPSA) is 54.7 Å². The van der Waals surface area contributed by atoms with E-state index in [1.807, 2.05) is 42.1 Å². The Kier molecular flexibility index (Phi) is 4.63. The van der Waals surface area contributed by atoms with E-state index < -0.39 is 0 Å². The Morgan fingerprint density at radius 3 is 2.90 bits per heavy atom. The molecule has 154 valence electrons. The molecule has 1 N–H and O–H groups in total. The minimum Gasteiger partial charge on any atom is -0.507 e. The van der Waals surface area contributed by atoms with Gasteiger partial charge in [0.15, 0.2) is 5.76 Å². The Labute approximate surface area is 176 Å². The molecule has 3 aromatic rings. The highest BCUT2D eigenvalue weighted by Crippen LogP contribution is 2.41. The van der Waals surface area contributed by atoms with Gasteiger partial charge in [-0.1, -0.05) is 25.1 Å². The van der Waals surface area contributed by atoms with Gasteiger partial charge in [-0.05, 0) is 49.6 Å². The van der Waals surface area contributed by atoms with Crippen molar-refractivity contribution in [2.24, 2.45) is 13.0 Å². The van der Waals surface area contributed by atoms with Gasteiger partial charge in [-0.3, -0.25) is 9.69 Å². The van der Waals surface area contributed by atoms with E-state index in [2.05, 4.69) is 17.9 Å². The summed E-state index contributed by atoms with van der Waals surface area (Å²) in [6.45, 7) is 4.84. The highest BCUT2D eigenvalue weighted by atomic mass is 16.5. The molecule has 2 aliphatic rings. The van der Waals surface area contributed by atoms with Crippen LogP contribution in [0, 0.1) is 5.92 Å². The second kappa shape index (κ2) is 7.33. The van der Waals surface area contributed by atoms with Crippen LogP contribution in [0.15, 0.2) is 48.4 Å². The number of aryl methyl sites for hydroxylation is 1. The molecule has 2 aromatic carbocycles. The summed E-state index contributed by atoms with van der Waals surface area (Å²) in [6.07, 6.45) is 6.21. The third kappa shape index (κ3) is 3.19. The lowest BCUT2D eigenvalue weighted by molar-refractivity contribution is 0.101. The van der Waals surface area contributed by atoms with E-state index in [1.54, 1.807) is 12.1 Å². The summed E-state index contributed by atoms with van der Waals surface area (Å²) in [7, 11) is 1.99. The van der Waals surface area contributed by atoms with Gasteiger partial charge in [0.05, 0.1) is 11.1 Å². The maximum atomic E-state index is 13.1. The van der Waals surface area contributed by atoms with Crippen molar-refractivity contribution in [2.45, 2.75) is 26.3 Å². The molecule has 1 saturated heterocycles. The van der Waals surface area contributed by atoms with Gasteiger partial charge in [0.1, 0.15) is 11.5 Å². The van der Waals surface area contributed by atoms with Gasteiger partial charge >= 0.3 is 0 Å². The second-order valence-electron chi connectivity index (χ2n) is 8.57. The Hall–Kier alpha value is -3.05. The first kappa shape index (κ1) is 18.9. The van der Waals surface area contributed by atoms with Crippen LogP contribution in [0.1, 0.15) is 41.3 Å². The number of carbonyl (C=O) groups is 1. The molecule has 3 heterocycles. The molecule has 0 radical (unpaired) electrons. The van der Waals surface area contributed by atoms with Crippen LogP contribution in [-0.2, 0) is 13.6 Å². The number of phenols is 1. The van der Waals surface area contributed by atoms with Crippen LogP contribution < -0.4 is 4.74 Å². The Balaban J connectivity index is 1.50. The van der Waals surface area contributed by atoms with Crippen LogP contribution in [0.4, 0.5) is 0 Å². The average molecular weight is 402 g/mol. The fourth-order valence-electron chi connectivity index (χ4n) is 4.73. The lowest BCUT2D eigenvalue weighted by Crippen LogP contribution is -2.33. The molecule has 0 aliphatic carbocycles. The quantitative estimate of drug-likeness (QED) is 0.644. The molecular formula is C25H26N2O3. The number of piperidine rings is 1. The molecule has 5 rings (SSSR count). The molecule has 0 saturated carbocycles. The number of para-hydroxylation sites is 1. The van der Waals surface area contributed by atoms with E-state index in [9.17, 15) is 9.90 Å². The zero-order valence-electron chi connectivity index (χ0n) is 17.4. The fourth-order valence-corrected chi connectivity index (χ4v) is 4.73. The number of allylic oxidation sites excluding steroid dienone is 1. The molecule has 1 atom stereocenters. The van der Waals surface area contributed by atoms with Gasteiger partial charge in [-0.15, -0.1) is 0 Å². The summed E-state index contributed by atoms with van der Waals surface area (Å²) in [5, 5.41) is 11.6. The number of phenolic OH excluding ortho intramolecular Hbond substituents is 1. The Bertz CT molecular complexity index is 1170. The molecular weight excluding hydrogens is 376 g/mol. The summed E-state index contributed by atoms with van der Waals surface area (Å²) in [4.78, 5) is 15.4. The largest absolute Gasteiger partial charge is 0.507 e. The predicted molar refractivity (Wildman–Crippen MR) is 118 cm³/mol. The first-order valence-electron chi connectivity index (χ1n) is 10.6. The highest BCUT2D eigenvalue weighted by Gasteiger charge is 2.32. The maximum Gasteiger partial charge on any atom is 0.231 e. The number of likely N-dealkylation sites (tertiary alicyclic amines) is 1. The van der Waals surface area contributed by atoms with E-state index >= 15 is 0 Å². The van der Waals surface area contributed by atoms with Crippen molar-refractivity contribution in [3.05, 3.63) is 65.0 Å². The van der Waals surface area contributed by atoms with Crippen molar-refractivity contribution in [2.75, 3.05) is 13.1 Å². The molecule has 1 fully saturated rings. The average Bonchev–Trinajstić information content (AvgIpc) is 3.22. The molecule has 0 bridgehead atoms. The van der Waals surface area contributed by atoms with Gasteiger partial charge < -0.3 is 14.4 Å². The second-order valence-corrected chi connectivity index (χ2v) is 8.57. The number of rotatable bonds is 3. The molecule has 5 heteroatoms. The van der Waals surface area contributed by atoms with Crippen LogP contribution >= 0.6 is 0 Å². The summed E-state index contributed by atoms with van der Waals surface area (Å²) in [5.74, 6) is 1.50. The van der Waals surface area contributed by atoms with Crippen molar-refractivity contribution in [3.63, 3.8) is 0 Å². The molecule has 0 unspecified atom stereocenters. The maximum absolute atomic E-state index is 13.1. The zero-order chi connectivity index (χ0) is 20.8. The molecule has 0 spiro atoms. The van der Waals surface area contributed by atoms with Crippen LogP contribution in [0.2, 0.25) is 0 Å². The van der Waals surface area contributed by atoms with Gasteiger partial charge in [0.2, 0.25) is 5.78 Å². The van der Waals surface area contributed by atoms with Gasteiger partial charge in [0.25, 0.3) is 0 Å². The number of fused-ring (bicyclic) bond motifs is 2. The Morgan fingerprint density at radius 1 is 1.23 bits per heavy atom. The van der Waals surface area contributed by atoms with Crippen molar-refractivity contribution in [3.8, 4) is 11.5 Å². The highest BCUT2D eigenvalue weighted by molar-refractivity contribution is 6.15. The number of hydrogen-bond donors (Lipinski definition) is 1. The predicted octanol–water partition coefficient (Wildman–Crippen LogP) is 4.73. The Morgan fingerprint density at radius 2 is 2.07 bits per heavy atom. The number of ketones is 1. The molecule has 5 nitrogen and oxygen atoms in total. The SMILES string of the molecule is C[C@H]1CCCN(Cc2c(O)ccc3c2O/C(=C/c2cn(C)c4ccccc24)C3=O)C1.